The molecule has 12 rings (SSSR count). The summed E-state index contributed by atoms with van der Waals surface area (Å²) in [6.45, 7) is 41.1. The summed E-state index contributed by atoms with van der Waals surface area (Å²) in [5.41, 5.74) is 4.07. The first-order chi connectivity index (χ1) is 47.4. The molecule has 26 nitrogen and oxygen atoms in total. The number of benzene rings is 4. The Kier molecular flexibility index (Phi) is 46.9. The molecule has 12 aromatic rings. The number of pyridine rings is 2. The molecule has 0 atom stereocenters. The molecule has 4 aromatic carbocycles. The molecule has 0 spiro atoms. The van der Waals surface area contributed by atoms with Gasteiger partial charge in [0.15, 0.2) is 11.6 Å². The van der Waals surface area contributed by atoms with Crippen LogP contribution in [-0.2, 0) is 0 Å². The average molecular weight is 1310 g/mol. The molecule has 0 aliphatic rings. The van der Waals surface area contributed by atoms with Gasteiger partial charge in [0.1, 0.15) is 38.0 Å². The van der Waals surface area contributed by atoms with Gasteiger partial charge in [0.2, 0.25) is 35.7 Å². The van der Waals surface area contributed by atoms with Gasteiger partial charge in [-0.05, 0) is 114 Å². The van der Waals surface area contributed by atoms with E-state index in [2.05, 4.69) is 102 Å². The maximum absolute atomic E-state index is 4.26. The summed E-state index contributed by atoms with van der Waals surface area (Å²) in [4.78, 5) is 33.0. The van der Waals surface area contributed by atoms with Crippen LogP contribution in [0.15, 0.2) is 208 Å². The van der Waals surface area contributed by atoms with Crippen LogP contribution in [0.5, 0.6) is 0 Å². The fraction of sp³-hybridized carbons (Fsp3) is 0.343. The summed E-state index contributed by atoms with van der Waals surface area (Å²) >= 11 is 0. The molecule has 0 unspecified atom stereocenters. The Balaban J connectivity index is 0.000000557. The molecule has 0 aliphatic carbocycles. The highest BCUT2D eigenvalue weighted by Crippen LogP contribution is 2.13. The third kappa shape index (κ3) is 30.5. The van der Waals surface area contributed by atoms with Crippen molar-refractivity contribution in [2.45, 2.75) is 125 Å². The van der Waals surface area contributed by atoms with Gasteiger partial charge < -0.3 is 31.9 Å². The smallest absolute Gasteiger partial charge is 0.242 e. The van der Waals surface area contributed by atoms with Gasteiger partial charge in [-0.25, -0.2) is 48.6 Å². The highest BCUT2D eigenvalue weighted by atomic mass is 15.4. The summed E-state index contributed by atoms with van der Waals surface area (Å²) in [7, 11) is 0. The normalized spacial score (nSPS) is 9.19. The van der Waals surface area contributed by atoms with Crippen LogP contribution in [0.25, 0.3) is 34.4 Å². The summed E-state index contributed by atoms with van der Waals surface area (Å²) in [6, 6.07) is 51.0. The van der Waals surface area contributed by atoms with Crippen LogP contribution in [0.3, 0.4) is 0 Å². The molecule has 0 amide bonds. The molecule has 516 valence electrons. The first-order valence-electron chi connectivity index (χ1n) is 33.4. The molecule has 0 radical (unpaired) electrons. The minimum absolute atomic E-state index is 0.623. The number of aromatic nitrogens is 20. The average Bonchev–Trinajstić information content (AvgIpc) is 4.64. The molecule has 96 heavy (non-hydrogen) atoms. The van der Waals surface area contributed by atoms with Crippen molar-refractivity contribution >= 4 is 35.7 Å². The van der Waals surface area contributed by atoms with Crippen molar-refractivity contribution in [2.24, 2.45) is 0 Å². The number of anilines is 6. The van der Waals surface area contributed by atoms with Gasteiger partial charge in [-0.1, -0.05) is 168 Å². The van der Waals surface area contributed by atoms with Gasteiger partial charge in [0, 0.05) is 51.7 Å². The highest BCUT2D eigenvalue weighted by Gasteiger charge is 2.07. The van der Waals surface area contributed by atoms with Gasteiger partial charge in [-0.2, -0.15) is 29.5 Å². The van der Waals surface area contributed by atoms with E-state index in [1.807, 2.05) is 282 Å². The number of para-hydroxylation sites is 4. The lowest BCUT2D eigenvalue weighted by Gasteiger charge is -2.05. The van der Waals surface area contributed by atoms with Gasteiger partial charge >= 0.3 is 0 Å². The third-order valence-electron chi connectivity index (χ3n) is 10.9. The van der Waals surface area contributed by atoms with Gasteiger partial charge in [-0.15, -0.1) is 20.4 Å². The maximum atomic E-state index is 4.26. The molecule has 8 aromatic heterocycles. The number of hydrogen-bond donors (Lipinski definition) is 6. The van der Waals surface area contributed by atoms with Crippen molar-refractivity contribution in [3.8, 4) is 34.4 Å². The second kappa shape index (κ2) is 54.4. The zero-order chi connectivity index (χ0) is 70.8. The Labute approximate surface area is 570 Å². The molecule has 0 saturated carbocycles. The third-order valence-corrected chi connectivity index (χ3v) is 10.9. The van der Waals surface area contributed by atoms with E-state index in [4.69, 9.17) is 0 Å². The van der Waals surface area contributed by atoms with Gasteiger partial charge in [0.25, 0.3) is 0 Å². The second-order valence-corrected chi connectivity index (χ2v) is 16.9. The van der Waals surface area contributed by atoms with Crippen molar-refractivity contribution in [3.63, 3.8) is 0 Å². The van der Waals surface area contributed by atoms with Crippen molar-refractivity contribution in [2.75, 3.05) is 71.2 Å². The topological polar surface area (TPSA) is 282 Å². The van der Waals surface area contributed by atoms with E-state index in [9.17, 15) is 0 Å². The quantitative estimate of drug-likeness (QED) is 0.0465. The number of nitrogens with zero attached hydrogens (tertiary/aromatic N) is 20. The summed E-state index contributed by atoms with van der Waals surface area (Å²) < 4.78 is 10.3. The molecule has 26 heteroatoms. The molecular weight excluding hydrogens is 1200 g/mol. The molecule has 0 saturated heterocycles. The minimum Gasteiger partial charge on any atom is -0.354 e. The van der Waals surface area contributed by atoms with Crippen LogP contribution in [0.2, 0.25) is 0 Å². The zero-order valence-electron chi connectivity index (χ0n) is 59.8. The summed E-state index contributed by atoms with van der Waals surface area (Å²) in [5, 5.41) is 43.7. The largest absolute Gasteiger partial charge is 0.354 e. The number of hydrogen-bond acceptors (Lipinski definition) is 20. The summed E-state index contributed by atoms with van der Waals surface area (Å²) in [5.74, 6) is 5.66. The van der Waals surface area contributed by atoms with Crippen molar-refractivity contribution in [1.29, 1.82) is 0 Å². The van der Waals surface area contributed by atoms with E-state index in [1.165, 1.54) is 0 Å². The Morgan fingerprint density at radius 2 is 0.510 bits per heavy atom. The first kappa shape index (κ1) is 82.8. The van der Waals surface area contributed by atoms with E-state index < -0.39 is 0 Å². The van der Waals surface area contributed by atoms with Crippen LogP contribution >= 0.6 is 0 Å². The fourth-order valence-corrected chi connectivity index (χ4v) is 7.17. The van der Waals surface area contributed by atoms with Crippen LogP contribution in [0.1, 0.15) is 125 Å². The fourth-order valence-electron chi connectivity index (χ4n) is 7.17. The van der Waals surface area contributed by atoms with Crippen molar-refractivity contribution < 1.29 is 0 Å². The summed E-state index contributed by atoms with van der Waals surface area (Å²) in [6.07, 6.45) is 13.2. The minimum atomic E-state index is 0.623. The van der Waals surface area contributed by atoms with Crippen LogP contribution < -0.4 is 31.9 Å². The Hall–Kier alpha value is -11.2. The molecule has 8 heterocycles. The molecule has 0 fully saturated rings. The molecule has 0 bridgehead atoms. The zero-order valence-corrected chi connectivity index (χ0v) is 59.8. The highest BCUT2D eigenvalue weighted by molar-refractivity contribution is 5.40. The Bertz CT molecular complexity index is 3210. The molecule has 6 N–H and O–H groups in total. The Morgan fingerprint density at radius 1 is 0.260 bits per heavy atom. The van der Waals surface area contributed by atoms with Crippen LogP contribution in [0.4, 0.5) is 35.7 Å². The van der Waals surface area contributed by atoms with Gasteiger partial charge in [-0.3, -0.25) is 0 Å². The van der Waals surface area contributed by atoms with Crippen molar-refractivity contribution in [1.82, 2.24) is 98.6 Å². The second-order valence-electron chi connectivity index (χ2n) is 16.9. The molecule has 0 aliphatic heterocycles. The Morgan fingerprint density at radius 3 is 0.771 bits per heavy atom. The van der Waals surface area contributed by atoms with Crippen molar-refractivity contribution in [3.05, 3.63) is 208 Å². The van der Waals surface area contributed by atoms with E-state index in [0.717, 1.165) is 85.6 Å². The predicted molar refractivity (Wildman–Crippen MR) is 397 cm³/mol. The van der Waals surface area contributed by atoms with Crippen LogP contribution in [0, 0.1) is 0 Å². The molecular formula is C70H106N26. The lowest BCUT2D eigenvalue weighted by Crippen LogP contribution is -2.06. The lowest BCUT2D eigenvalue weighted by molar-refractivity contribution is 0.845. The van der Waals surface area contributed by atoms with E-state index in [1.54, 1.807) is 78.4 Å². The number of nitrogens with one attached hydrogen (secondary N) is 6. The number of rotatable bonds is 18. The van der Waals surface area contributed by atoms with E-state index >= 15 is 0 Å². The van der Waals surface area contributed by atoms with Crippen LogP contribution in [-0.4, -0.2) is 138 Å². The van der Waals surface area contributed by atoms with E-state index in [0.29, 0.717) is 23.8 Å². The lowest BCUT2D eigenvalue weighted by atomic mass is 10.3. The maximum Gasteiger partial charge on any atom is 0.242 e. The SMILES string of the molecule is CC.CC.CC.CC.CC.CC.CCNc1ncn(-c2ccccc2)n1.CCNc1ncn(-c2ccccc2)n1.CCNc1ncn(-c2ccccn2)n1.CCNc1ncn(-c2ccccn2)n1.CCNc1ncnn1-c1ccccc1.CCNc1ncnn1-c1ccccc1. The van der Waals surface area contributed by atoms with E-state index in [-0.39, 0.29) is 0 Å². The monoisotopic (exact) mass is 1310 g/mol. The first-order valence-corrected chi connectivity index (χ1v) is 33.4. The predicted octanol–water partition coefficient (Wildman–Crippen LogP) is 15.1. The standard InChI is InChI=1S/4C10H12N4.2C9H11N5.6C2H6/c2*1-2-11-10-12-8-14(13-10)9-6-4-3-5-7-9;2*1-2-11-10-12-8-13-14(10)9-6-4-3-5-7-9;2*1-2-10-9-12-7-14(13-9)8-5-3-4-6-11-8;6*1-2/h2*3-8H,2H2,1H3,(H,11,13);2*3-8H,2H2,1H3,(H,11,12,13);2*3-7H,2H2,1H3,(H,10,13);6*1-2H3. The van der Waals surface area contributed by atoms with Gasteiger partial charge in [0.05, 0.1) is 22.7 Å².